The van der Waals surface area contributed by atoms with Crippen LogP contribution in [0.3, 0.4) is 0 Å². The van der Waals surface area contributed by atoms with E-state index in [9.17, 15) is 33.9 Å². The number of β-lactam (4-membered cyclic amide) rings is 1. The summed E-state index contributed by atoms with van der Waals surface area (Å²) < 4.78 is 4.87. The number of fused-ring (bicyclic) bond motifs is 1. The van der Waals surface area contributed by atoms with Crippen LogP contribution in [0.1, 0.15) is 12.6 Å². The van der Waals surface area contributed by atoms with Crippen LogP contribution in [-0.4, -0.2) is 97.7 Å². The minimum Gasteiger partial charge on any atom is -0.479 e. The van der Waals surface area contributed by atoms with Gasteiger partial charge in [0, 0.05) is 23.6 Å². The lowest BCUT2D eigenvalue weighted by Gasteiger charge is -2.49. The molecule has 37 heavy (non-hydrogen) atoms. The number of oxime groups is 1. The molecule has 3 amide bonds. The molecular weight excluding hydrogens is 558 g/mol. The normalized spacial score (nSPS) is 18.9. The molecule has 4 N–H and O–H groups in total. The highest BCUT2D eigenvalue weighted by atomic mass is 35.5. The first-order valence-corrected chi connectivity index (χ1v) is 12.6. The summed E-state index contributed by atoms with van der Waals surface area (Å²) >= 11 is 7.51. The molecule has 0 aliphatic carbocycles. The van der Waals surface area contributed by atoms with Crippen LogP contribution < -0.4 is 10.6 Å². The van der Waals surface area contributed by atoms with E-state index >= 15 is 0 Å². The van der Waals surface area contributed by atoms with Crippen molar-refractivity contribution in [3.8, 4) is 0 Å². The number of esters is 1. The van der Waals surface area contributed by atoms with Crippen molar-refractivity contribution >= 4 is 81.2 Å². The third kappa shape index (κ3) is 6.55. The molecular formula is C19H18ClN5O10S2. The summed E-state index contributed by atoms with van der Waals surface area (Å²) in [7, 11) is 0. The second-order valence-electron chi connectivity index (χ2n) is 7.23. The number of hydrogen-bond acceptors (Lipinski definition) is 12. The summed E-state index contributed by atoms with van der Waals surface area (Å²) in [6.45, 7) is -0.0125. The first-order valence-electron chi connectivity index (χ1n) is 10.1. The van der Waals surface area contributed by atoms with Gasteiger partial charge in [0.1, 0.15) is 35.3 Å². The number of anilines is 1. The molecule has 15 nitrogen and oxygen atoms in total. The Labute approximate surface area is 220 Å². The van der Waals surface area contributed by atoms with Gasteiger partial charge in [-0.25, -0.2) is 14.6 Å². The van der Waals surface area contributed by atoms with Gasteiger partial charge >= 0.3 is 17.9 Å². The number of carboxylic acids is 2. The molecule has 2 aliphatic heterocycles. The number of aliphatic carboxylic acids is 2. The van der Waals surface area contributed by atoms with Gasteiger partial charge in [0.25, 0.3) is 11.8 Å². The summed E-state index contributed by atoms with van der Waals surface area (Å²) in [6.07, 6.45) is 0. The van der Waals surface area contributed by atoms with E-state index in [2.05, 4.69) is 25.6 Å². The lowest BCUT2D eigenvalue weighted by atomic mass is 10.0. The topological polar surface area (TPSA) is 214 Å². The molecule has 1 aromatic heterocycles. The van der Waals surface area contributed by atoms with E-state index in [0.29, 0.717) is 0 Å². The smallest absolute Gasteiger partial charge is 0.352 e. The van der Waals surface area contributed by atoms with Crippen LogP contribution >= 0.6 is 34.7 Å². The maximum atomic E-state index is 13.0. The quantitative estimate of drug-likeness (QED) is 0.0857. The minimum atomic E-state index is -1.40. The summed E-state index contributed by atoms with van der Waals surface area (Å²) in [5, 5.41) is 27.4. The summed E-state index contributed by atoms with van der Waals surface area (Å²) in [6, 6.07) is -1.15. The monoisotopic (exact) mass is 575 g/mol. The van der Waals surface area contributed by atoms with Gasteiger partial charge in [0.2, 0.25) is 12.5 Å². The largest absolute Gasteiger partial charge is 0.479 e. The van der Waals surface area contributed by atoms with Crippen molar-refractivity contribution in [1.82, 2.24) is 15.2 Å². The zero-order chi connectivity index (χ0) is 27.3. The summed E-state index contributed by atoms with van der Waals surface area (Å²) in [4.78, 5) is 80.7. The van der Waals surface area contributed by atoms with E-state index in [1.54, 1.807) is 0 Å². The zero-order valence-electron chi connectivity index (χ0n) is 18.8. The number of ether oxygens (including phenoxy) is 1. The third-order valence-electron chi connectivity index (χ3n) is 4.66. The highest BCUT2D eigenvalue weighted by molar-refractivity contribution is 8.00. The Morgan fingerprint density at radius 1 is 1.30 bits per heavy atom. The Kier molecular flexibility index (Phi) is 9.06. The predicted octanol–water partition coefficient (Wildman–Crippen LogP) is -0.573. The molecule has 2 atom stereocenters. The van der Waals surface area contributed by atoms with Gasteiger partial charge in [-0.1, -0.05) is 5.16 Å². The molecule has 198 valence electrons. The number of carbonyl (C=O) groups is 6. The van der Waals surface area contributed by atoms with E-state index < -0.39 is 59.4 Å². The number of thiazole rings is 1. The van der Waals surface area contributed by atoms with Crippen molar-refractivity contribution in [2.45, 2.75) is 18.3 Å². The van der Waals surface area contributed by atoms with E-state index in [-0.39, 0.29) is 40.3 Å². The molecule has 0 radical (unpaired) electrons. The second kappa shape index (κ2) is 12.0. The molecule has 1 fully saturated rings. The number of halogens is 1. The van der Waals surface area contributed by atoms with Crippen LogP contribution in [0.25, 0.3) is 0 Å². The van der Waals surface area contributed by atoms with Gasteiger partial charge < -0.3 is 30.4 Å². The molecule has 0 aromatic carbocycles. The van der Waals surface area contributed by atoms with Crippen molar-refractivity contribution in [3.05, 3.63) is 22.3 Å². The number of hydrogen-bond donors (Lipinski definition) is 4. The van der Waals surface area contributed by atoms with Crippen molar-refractivity contribution in [2.75, 3.05) is 30.2 Å². The number of nitrogens with one attached hydrogen (secondary N) is 2. The molecule has 2 aliphatic rings. The molecule has 3 heterocycles. The molecule has 0 spiro atoms. The first-order chi connectivity index (χ1) is 17.5. The van der Waals surface area contributed by atoms with E-state index in [1.807, 2.05) is 0 Å². The zero-order valence-corrected chi connectivity index (χ0v) is 21.1. The Morgan fingerprint density at radius 3 is 2.65 bits per heavy atom. The Balaban J connectivity index is 1.79. The number of alkyl halides is 1. The number of carboxylic acid groups (broad SMARTS) is 2. The van der Waals surface area contributed by atoms with Crippen LogP contribution in [0.5, 0.6) is 0 Å². The lowest BCUT2D eigenvalue weighted by molar-refractivity contribution is -0.150. The SMILES string of the molecule is CC(=O)OCC1=C(C(=O)O)N2C(=O)[C@@H](NC(=O)/C(=N\OCC(=O)O)c3csc(NC(=O)CCl)n3)[C@H]2SC1. The Hall–Kier alpha value is -3.70. The van der Waals surface area contributed by atoms with Crippen molar-refractivity contribution in [3.63, 3.8) is 0 Å². The van der Waals surface area contributed by atoms with Crippen LogP contribution in [0.4, 0.5) is 5.13 Å². The van der Waals surface area contributed by atoms with E-state index in [0.717, 1.165) is 34.9 Å². The second-order valence-corrected chi connectivity index (χ2v) is 9.46. The van der Waals surface area contributed by atoms with E-state index in [1.165, 1.54) is 5.38 Å². The summed E-state index contributed by atoms with van der Waals surface area (Å²) in [5.41, 5.74) is -0.688. The number of carbonyl (C=O) groups excluding carboxylic acids is 4. The Morgan fingerprint density at radius 2 is 2.03 bits per heavy atom. The van der Waals surface area contributed by atoms with Crippen molar-refractivity contribution in [2.24, 2.45) is 5.16 Å². The highest BCUT2D eigenvalue weighted by Gasteiger charge is 2.54. The number of thioether (sulfide) groups is 1. The molecule has 0 bridgehead atoms. The average Bonchev–Trinajstić information content (AvgIpc) is 3.30. The van der Waals surface area contributed by atoms with Gasteiger partial charge in [0.05, 0.1) is 0 Å². The molecule has 0 saturated carbocycles. The fraction of sp³-hybridized carbons (Fsp3) is 0.368. The van der Waals surface area contributed by atoms with Crippen molar-refractivity contribution < 1.29 is 48.6 Å². The maximum Gasteiger partial charge on any atom is 0.352 e. The van der Waals surface area contributed by atoms with E-state index in [4.69, 9.17) is 21.4 Å². The minimum absolute atomic E-state index is 0.0738. The number of amides is 3. The van der Waals surface area contributed by atoms with Crippen molar-refractivity contribution in [1.29, 1.82) is 0 Å². The van der Waals surface area contributed by atoms with Crippen LogP contribution in [0.2, 0.25) is 0 Å². The molecule has 0 unspecified atom stereocenters. The standard InChI is InChI=1S/C19H18ClN5O10S2/c1-7(26)34-3-8-5-36-17-13(16(31)25(17)14(8)18(32)33)23-15(30)12(24-35-4-11(28)29)9-6-37-19(21-9)22-10(27)2-20/h6,13,17H,2-5H2,1H3,(H,23,30)(H,28,29)(H,32,33)(H,21,22,27)/b24-12-/t13-,17-/m1/s1. The number of rotatable bonds is 11. The van der Waals surface area contributed by atoms with Gasteiger partial charge in [0.15, 0.2) is 10.8 Å². The van der Waals surface area contributed by atoms with Gasteiger partial charge in [-0.3, -0.25) is 24.1 Å². The molecule has 18 heteroatoms. The molecule has 1 aromatic rings. The number of aromatic nitrogens is 1. The van der Waals surface area contributed by atoms with Gasteiger partial charge in [-0.05, 0) is 0 Å². The summed E-state index contributed by atoms with van der Waals surface area (Å²) in [5.74, 6) is -5.85. The molecule has 3 rings (SSSR count). The number of nitrogens with zero attached hydrogens (tertiary/aromatic N) is 3. The average molecular weight is 576 g/mol. The van der Waals surface area contributed by atoms with Gasteiger partial charge in [-0.15, -0.1) is 34.7 Å². The fourth-order valence-corrected chi connectivity index (χ4v) is 5.25. The third-order valence-corrected chi connectivity index (χ3v) is 7.00. The maximum absolute atomic E-state index is 13.0. The fourth-order valence-electron chi connectivity index (χ4n) is 3.14. The molecule has 1 saturated heterocycles. The lowest BCUT2D eigenvalue weighted by Crippen LogP contribution is -2.71. The predicted molar refractivity (Wildman–Crippen MR) is 128 cm³/mol. The van der Waals surface area contributed by atoms with Crippen LogP contribution in [0.15, 0.2) is 21.8 Å². The first kappa shape index (κ1) is 27.9. The highest BCUT2D eigenvalue weighted by Crippen LogP contribution is 2.40. The van der Waals surface area contributed by atoms with Crippen LogP contribution in [-0.2, 0) is 38.3 Å². The Bertz CT molecular complexity index is 1220. The van der Waals surface area contributed by atoms with Gasteiger partial charge in [-0.2, -0.15) is 0 Å². The van der Waals surface area contributed by atoms with Crippen LogP contribution in [0, 0.1) is 0 Å².